The van der Waals surface area contributed by atoms with Crippen LogP contribution in [0.1, 0.15) is 44.6 Å². The van der Waals surface area contributed by atoms with Crippen molar-refractivity contribution in [3.63, 3.8) is 0 Å². The summed E-state index contributed by atoms with van der Waals surface area (Å²) in [5, 5.41) is 4.99. The standard InChI is InChI=1S/C20H24N2O6/c1-13(19(24)22-20(25)21-15-5-3-2-4-6-15)28-18(23)10-8-14-7-9-16-17(11-14)27-12-26-16/h7-11,13,15H,2-6,12H2,1H3,(H2,21,22,24,25)/b10-8+. The van der Waals surface area contributed by atoms with Crippen LogP contribution in [0.3, 0.4) is 0 Å². The SMILES string of the molecule is CC(OC(=O)/C=C/c1ccc2c(c1)OCO2)C(=O)NC(=O)NC1CCCCC1. The molecule has 3 rings (SSSR count). The van der Waals surface area contributed by atoms with Crippen molar-refractivity contribution in [2.24, 2.45) is 0 Å². The van der Waals surface area contributed by atoms with E-state index in [0.717, 1.165) is 31.2 Å². The summed E-state index contributed by atoms with van der Waals surface area (Å²) in [5.74, 6) is -0.102. The van der Waals surface area contributed by atoms with E-state index >= 15 is 0 Å². The average molecular weight is 388 g/mol. The summed E-state index contributed by atoms with van der Waals surface area (Å²) in [7, 11) is 0. The van der Waals surface area contributed by atoms with Gasteiger partial charge in [0.15, 0.2) is 17.6 Å². The highest BCUT2D eigenvalue weighted by Crippen LogP contribution is 2.32. The number of nitrogens with one attached hydrogen (secondary N) is 2. The maximum atomic E-state index is 12.0. The van der Waals surface area contributed by atoms with Crippen LogP contribution in [0, 0.1) is 0 Å². The summed E-state index contributed by atoms with van der Waals surface area (Å²) in [6, 6.07) is 4.77. The average Bonchev–Trinajstić information content (AvgIpc) is 3.14. The third-order valence-electron chi connectivity index (χ3n) is 4.65. The zero-order chi connectivity index (χ0) is 19.9. The van der Waals surface area contributed by atoms with Crippen molar-refractivity contribution in [2.75, 3.05) is 6.79 Å². The molecule has 8 nitrogen and oxygen atoms in total. The van der Waals surface area contributed by atoms with E-state index in [-0.39, 0.29) is 12.8 Å². The van der Waals surface area contributed by atoms with E-state index in [0.29, 0.717) is 11.5 Å². The second-order valence-corrected chi connectivity index (χ2v) is 6.82. The molecule has 0 bridgehead atoms. The molecule has 1 aliphatic heterocycles. The molecule has 2 aliphatic rings. The van der Waals surface area contributed by atoms with Gasteiger partial charge >= 0.3 is 12.0 Å². The molecule has 0 saturated heterocycles. The minimum absolute atomic E-state index is 0.0871. The second-order valence-electron chi connectivity index (χ2n) is 6.82. The van der Waals surface area contributed by atoms with Gasteiger partial charge in [0, 0.05) is 12.1 Å². The van der Waals surface area contributed by atoms with Crippen molar-refractivity contribution < 1.29 is 28.6 Å². The van der Waals surface area contributed by atoms with Gasteiger partial charge in [-0.2, -0.15) is 0 Å². The number of carbonyl (C=O) groups is 3. The third-order valence-corrected chi connectivity index (χ3v) is 4.65. The van der Waals surface area contributed by atoms with Crippen molar-refractivity contribution in [3.8, 4) is 11.5 Å². The molecular formula is C20H24N2O6. The molecule has 150 valence electrons. The van der Waals surface area contributed by atoms with E-state index < -0.39 is 24.0 Å². The summed E-state index contributed by atoms with van der Waals surface area (Å²) < 4.78 is 15.5. The minimum atomic E-state index is -1.09. The van der Waals surface area contributed by atoms with Crippen molar-refractivity contribution >= 4 is 24.0 Å². The molecule has 1 saturated carbocycles. The summed E-state index contributed by atoms with van der Waals surface area (Å²) in [6.07, 6.45) is 6.81. The molecule has 0 aromatic heterocycles. The van der Waals surface area contributed by atoms with E-state index in [1.54, 1.807) is 24.3 Å². The molecule has 1 aliphatic carbocycles. The molecule has 28 heavy (non-hydrogen) atoms. The summed E-state index contributed by atoms with van der Waals surface area (Å²) in [4.78, 5) is 35.8. The first-order valence-electron chi connectivity index (χ1n) is 9.41. The topological polar surface area (TPSA) is 103 Å². The van der Waals surface area contributed by atoms with E-state index in [1.807, 2.05) is 0 Å². The van der Waals surface area contributed by atoms with Crippen LogP contribution < -0.4 is 20.1 Å². The first-order valence-corrected chi connectivity index (χ1v) is 9.41. The largest absolute Gasteiger partial charge is 0.454 e. The van der Waals surface area contributed by atoms with E-state index in [2.05, 4.69) is 10.6 Å². The van der Waals surface area contributed by atoms with Crippen LogP contribution in [0.4, 0.5) is 4.79 Å². The molecular weight excluding hydrogens is 364 g/mol. The fraction of sp³-hybridized carbons (Fsp3) is 0.450. The van der Waals surface area contributed by atoms with Crippen LogP contribution in [0.15, 0.2) is 24.3 Å². The number of benzene rings is 1. The van der Waals surface area contributed by atoms with Gasteiger partial charge in [0.05, 0.1) is 0 Å². The normalized spacial score (nSPS) is 17.2. The number of imide groups is 1. The van der Waals surface area contributed by atoms with Gasteiger partial charge in [0.2, 0.25) is 6.79 Å². The number of fused-ring (bicyclic) bond motifs is 1. The maximum absolute atomic E-state index is 12.0. The Morgan fingerprint density at radius 3 is 2.68 bits per heavy atom. The quantitative estimate of drug-likeness (QED) is 0.593. The molecule has 1 unspecified atom stereocenters. The minimum Gasteiger partial charge on any atom is -0.454 e. The number of amides is 3. The van der Waals surface area contributed by atoms with Crippen LogP contribution in [-0.4, -0.2) is 36.8 Å². The molecule has 3 amide bonds. The number of rotatable bonds is 5. The van der Waals surface area contributed by atoms with Crippen molar-refractivity contribution in [1.29, 1.82) is 0 Å². The van der Waals surface area contributed by atoms with Gasteiger partial charge in [0.1, 0.15) is 0 Å². The summed E-state index contributed by atoms with van der Waals surface area (Å²) in [6.45, 7) is 1.58. The lowest BCUT2D eigenvalue weighted by Crippen LogP contribution is -2.48. The Kier molecular flexibility index (Phi) is 6.52. The smallest absolute Gasteiger partial charge is 0.331 e. The Labute approximate surface area is 163 Å². The van der Waals surface area contributed by atoms with Crippen molar-refractivity contribution in [3.05, 3.63) is 29.8 Å². The van der Waals surface area contributed by atoms with Crippen molar-refractivity contribution in [1.82, 2.24) is 10.6 Å². The lowest BCUT2D eigenvalue weighted by Gasteiger charge is -2.23. The van der Waals surface area contributed by atoms with E-state index in [1.165, 1.54) is 19.4 Å². The third kappa shape index (κ3) is 5.48. The van der Waals surface area contributed by atoms with Crippen LogP contribution in [0.2, 0.25) is 0 Å². The second kappa shape index (κ2) is 9.25. The monoisotopic (exact) mass is 388 g/mol. The lowest BCUT2D eigenvalue weighted by molar-refractivity contribution is -0.149. The Hall–Kier alpha value is -3.03. The van der Waals surface area contributed by atoms with E-state index in [4.69, 9.17) is 14.2 Å². The highest BCUT2D eigenvalue weighted by molar-refractivity contribution is 5.98. The number of ether oxygens (including phenoxy) is 3. The van der Waals surface area contributed by atoms with Crippen molar-refractivity contribution in [2.45, 2.75) is 51.2 Å². The Morgan fingerprint density at radius 1 is 1.14 bits per heavy atom. The number of urea groups is 1. The summed E-state index contributed by atoms with van der Waals surface area (Å²) in [5.41, 5.74) is 0.727. The predicted octanol–water partition coefficient (Wildman–Crippen LogP) is 2.52. The van der Waals surface area contributed by atoms with Crippen LogP contribution in [0.25, 0.3) is 6.08 Å². The maximum Gasteiger partial charge on any atom is 0.331 e. The molecule has 1 atom stereocenters. The number of hydrogen-bond acceptors (Lipinski definition) is 6. The lowest BCUT2D eigenvalue weighted by atomic mass is 9.96. The number of esters is 1. The van der Waals surface area contributed by atoms with Crippen LogP contribution in [0.5, 0.6) is 11.5 Å². The molecule has 0 radical (unpaired) electrons. The van der Waals surface area contributed by atoms with Gasteiger partial charge in [-0.1, -0.05) is 25.3 Å². The molecule has 2 N–H and O–H groups in total. The fourth-order valence-electron chi connectivity index (χ4n) is 3.13. The zero-order valence-corrected chi connectivity index (χ0v) is 15.7. The number of hydrogen-bond donors (Lipinski definition) is 2. The molecule has 1 aromatic rings. The number of carbonyl (C=O) groups excluding carboxylic acids is 3. The van der Waals surface area contributed by atoms with E-state index in [9.17, 15) is 14.4 Å². The fourth-order valence-corrected chi connectivity index (χ4v) is 3.13. The van der Waals surface area contributed by atoms with Gasteiger partial charge in [-0.15, -0.1) is 0 Å². The molecule has 1 aromatic carbocycles. The highest BCUT2D eigenvalue weighted by Gasteiger charge is 2.21. The van der Waals surface area contributed by atoms with Gasteiger partial charge in [-0.25, -0.2) is 9.59 Å². The first kappa shape index (κ1) is 19.7. The van der Waals surface area contributed by atoms with Gasteiger partial charge in [-0.3, -0.25) is 10.1 Å². The Morgan fingerprint density at radius 2 is 1.89 bits per heavy atom. The van der Waals surface area contributed by atoms with Gasteiger partial charge in [-0.05, 0) is 43.5 Å². The zero-order valence-electron chi connectivity index (χ0n) is 15.7. The first-order chi connectivity index (χ1) is 13.5. The van der Waals surface area contributed by atoms with Crippen LogP contribution >= 0.6 is 0 Å². The van der Waals surface area contributed by atoms with Gasteiger partial charge < -0.3 is 19.5 Å². The van der Waals surface area contributed by atoms with Crippen LogP contribution in [-0.2, 0) is 14.3 Å². The Balaban J connectivity index is 1.43. The Bertz CT molecular complexity index is 770. The van der Waals surface area contributed by atoms with Gasteiger partial charge in [0.25, 0.3) is 5.91 Å². The molecule has 1 fully saturated rings. The molecule has 1 heterocycles. The predicted molar refractivity (Wildman–Crippen MR) is 101 cm³/mol. The summed E-state index contributed by atoms with van der Waals surface area (Å²) >= 11 is 0. The highest BCUT2D eigenvalue weighted by atomic mass is 16.7. The molecule has 8 heteroatoms. The molecule has 0 spiro atoms.